The van der Waals surface area contributed by atoms with E-state index in [1.54, 1.807) is 0 Å². The molecule has 3 fully saturated rings. The van der Waals surface area contributed by atoms with Crippen molar-refractivity contribution in [1.29, 1.82) is 0 Å². The van der Waals surface area contributed by atoms with Gasteiger partial charge in [0.05, 0.1) is 0 Å². The van der Waals surface area contributed by atoms with Gasteiger partial charge in [-0.3, -0.25) is 19.5 Å². The lowest BCUT2D eigenvalue weighted by Crippen LogP contribution is -2.56. The van der Waals surface area contributed by atoms with E-state index in [1.165, 1.54) is 5.56 Å². The fourth-order valence-corrected chi connectivity index (χ4v) is 4.75. The molecule has 27 heavy (non-hydrogen) atoms. The first-order valence-electron chi connectivity index (χ1n) is 10.3. The maximum atomic E-state index is 13.3. The summed E-state index contributed by atoms with van der Waals surface area (Å²) in [6.07, 6.45) is 6.01. The van der Waals surface area contributed by atoms with E-state index >= 15 is 0 Å². The van der Waals surface area contributed by atoms with Gasteiger partial charge in [-0.2, -0.15) is 0 Å². The molecule has 2 aliphatic heterocycles. The molecule has 1 saturated heterocycles. The fourth-order valence-electron chi connectivity index (χ4n) is 4.75. The van der Waals surface area contributed by atoms with Gasteiger partial charge in [0.25, 0.3) is 5.91 Å². The summed E-state index contributed by atoms with van der Waals surface area (Å²) >= 11 is 0. The summed E-state index contributed by atoms with van der Waals surface area (Å²) in [6, 6.07) is 8.32. The lowest BCUT2D eigenvalue weighted by molar-refractivity contribution is -0.140. The highest BCUT2D eigenvalue weighted by atomic mass is 16.2. The van der Waals surface area contributed by atoms with Crippen LogP contribution in [0.3, 0.4) is 0 Å². The zero-order chi connectivity index (χ0) is 18.6. The SMILES string of the molecule is Cc1ccc(C2=NC3(CCCC3)C(=O)N2CC2CN(C(=O)C3CC3)C2)cc1. The van der Waals surface area contributed by atoms with Gasteiger partial charge in [-0.25, -0.2) is 0 Å². The second-order valence-corrected chi connectivity index (χ2v) is 8.84. The highest BCUT2D eigenvalue weighted by molar-refractivity contribution is 6.15. The Kier molecular flexibility index (Phi) is 3.88. The third-order valence-electron chi connectivity index (χ3n) is 6.60. The minimum absolute atomic E-state index is 0.183. The van der Waals surface area contributed by atoms with Gasteiger partial charge in [-0.1, -0.05) is 42.7 Å². The number of amidine groups is 1. The highest BCUT2D eigenvalue weighted by Gasteiger charge is 2.51. The maximum absolute atomic E-state index is 13.3. The third-order valence-corrected chi connectivity index (χ3v) is 6.60. The van der Waals surface area contributed by atoms with Crippen LogP contribution in [0.25, 0.3) is 0 Å². The Hall–Kier alpha value is -2.17. The van der Waals surface area contributed by atoms with Crippen molar-refractivity contribution in [1.82, 2.24) is 9.80 Å². The predicted octanol–water partition coefficient (Wildman–Crippen LogP) is 2.77. The number of benzene rings is 1. The number of carbonyl (C=O) groups excluding carboxylic acids is 2. The first-order chi connectivity index (χ1) is 13.1. The number of hydrogen-bond acceptors (Lipinski definition) is 3. The number of likely N-dealkylation sites (tertiary alicyclic amines) is 1. The molecule has 2 saturated carbocycles. The van der Waals surface area contributed by atoms with Crippen molar-refractivity contribution in [3.05, 3.63) is 35.4 Å². The number of carbonyl (C=O) groups is 2. The van der Waals surface area contributed by atoms with Crippen molar-refractivity contribution in [3.63, 3.8) is 0 Å². The van der Waals surface area contributed by atoms with Crippen molar-refractivity contribution >= 4 is 17.6 Å². The Morgan fingerprint density at radius 1 is 1.15 bits per heavy atom. The Morgan fingerprint density at radius 3 is 2.44 bits per heavy atom. The molecule has 4 aliphatic rings. The molecule has 5 nitrogen and oxygen atoms in total. The molecule has 2 heterocycles. The summed E-state index contributed by atoms with van der Waals surface area (Å²) in [6.45, 7) is 4.32. The molecule has 2 aliphatic carbocycles. The molecular weight excluding hydrogens is 338 g/mol. The van der Waals surface area contributed by atoms with Crippen molar-refractivity contribution in [3.8, 4) is 0 Å². The normalized spacial score (nSPS) is 24.5. The quantitative estimate of drug-likeness (QED) is 0.824. The van der Waals surface area contributed by atoms with Crippen LogP contribution in [0.5, 0.6) is 0 Å². The lowest BCUT2D eigenvalue weighted by Gasteiger charge is -2.41. The van der Waals surface area contributed by atoms with E-state index in [9.17, 15) is 9.59 Å². The minimum Gasteiger partial charge on any atom is -0.342 e. The Balaban J connectivity index is 1.35. The van der Waals surface area contributed by atoms with Gasteiger partial charge in [-0.15, -0.1) is 0 Å². The topological polar surface area (TPSA) is 53.0 Å². The van der Waals surface area contributed by atoms with Gasteiger partial charge >= 0.3 is 0 Å². The van der Waals surface area contributed by atoms with Crippen LogP contribution in [0, 0.1) is 18.8 Å². The van der Waals surface area contributed by atoms with Gasteiger partial charge in [-0.05, 0) is 32.6 Å². The van der Waals surface area contributed by atoms with E-state index in [0.29, 0.717) is 18.4 Å². The molecule has 0 atom stereocenters. The average Bonchev–Trinajstić information content (AvgIpc) is 3.32. The summed E-state index contributed by atoms with van der Waals surface area (Å²) in [5, 5.41) is 0. The molecule has 0 aromatic heterocycles. The third kappa shape index (κ3) is 2.88. The monoisotopic (exact) mass is 365 g/mol. The van der Waals surface area contributed by atoms with Crippen molar-refractivity contribution in [2.24, 2.45) is 16.8 Å². The maximum Gasteiger partial charge on any atom is 0.256 e. The first-order valence-corrected chi connectivity index (χ1v) is 10.3. The Morgan fingerprint density at radius 2 is 1.81 bits per heavy atom. The zero-order valence-electron chi connectivity index (χ0n) is 16.0. The minimum atomic E-state index is -0.520. The van der Waals surface area contributed by atoms with Crippen LogP contribution in [-0.4, -0.2) is 52.6 Å². The second kappa shape index (κ2) is 6.18. The largest absolute Gasteiger partial charge is 0.342 e. The van der Waals surface area contributed by atoms with Gasteiger partial charge in [0.15, 0.2) is 0 Å². The summed E-state index contributed by atoms with van der Waals surface area (Å²) in [5.74, 6) is 1.99. The molecule has 0 radical (unpaired) electrons. The first kappa shape index (κ1) is 17.0. The van der Waals surface area contributed by atoms with Crippen LogP contribution in [0.4, 0.5) is 0 Å². The Labute approximate surface area is 160 Å². The van der Waals surface area contributed by atoms with E-state index < -0.39 is 5.54 Å². The molecule has 0 N–H and O–H groups in total. The van der Waals surface area contributed by atoms with Crippen LogP contribution < -0.4 is 0 Å². The molecule has 1 aromatic rings. The van der Waals surface area contributed by atoms with Crippen LogP contribution in [0.2, 0.25) is 0 Å². The highest BCUT2D eigenvalue weighted by Crippen LogP contribution is 2.41. The Bertz CT molecular complexity index is 797. The molecule has 1 aromatic carbocycles. The van der Waals surface area contributed by atoms with E-state index in [0.717, 1.165) is 63.0 Å². The predicted molar refractivity (Wildman–Crippen MR) is 103 cm³/mol. The fraction of sp³-hybridized carbons (Fsp3) is 0.591. The smallest absolute Gasteiger partial charge is 0.256 e. The molecule has 0 bridgehead atoms. The number of amides is 2. The van der Waals surface area contributed by atoms with Gasteiger partial charge < -0.3 is 4.90 Å². The number of nitrogens with zero attached hydrogens (tertiary/aromatic N) is 3. The molecular formula is C22H27N3O2. The molecule has 5 heteroatoms. The number of aryl methyl sites for hydroxylation is 1. The average molecular weight is 365 g/mol. The van der Waals surface area contributed by atoms with E-state index in [1.807, 2.05) is 9.80 Å². The van der Waals surface area contributed by atoms with Crippen molar-refractivity contribution < 1.29 is 9.59 Å². The van der Waals surface area contributed by atoms with E-state index in [4.69, 9.17) is 4.99 Å². The number of hydrogen-bond donors (Lipinski definition) is 0. The number of aliphatic imine (C=N–C) groups is 1. The van der Waals surface area contributed by atoms with Crippen LogP contribution in [0.15, 0.2) is 29.3 Å². The van der Waals surface area contributed by atoms with Crippen molar-refractivity contribution in [2.45, 2.75) is 51.0 Å². The molecule has 142 valence electrons. The van der Waals surface area contributed by atoms with Crippen LogP contribution in [0.1, 0.15) is 49.7 Å². The van der Waals surface area contributed by atoms with Crippen LogP contribution >= 0.6 is 0 Å². The molecule has 2 amide bonds. The van der Waals surface area contributed by atoms with E-state index in [2.05, 4.69) is 31.2 Å². The summed E-state index contributed by atoms with van der Waals surface area (Å²) in [7, 11) is 0. The molecule has 0 unspecified atom stereocenters. The standard InChI is InChI=1S/C22H27N3O2/c1-15-4-6-17(7-5-15)19-23-22(10-2-3-11-22)21(27)25(19)14-16-12-24(13-16)20(26)18-8-9-18/h4-7,16,18H,2-3,8-14H2,1H3. The van der Waals surface area contributed by atoms with Crippen LogP contribution in [-0.2, 0) is 9.59 Å². The molecule has 5 rings (SSSR count). The van der Waals surface area contributed by atoms with Gasteiger partial charge in [0, 0.05) is 37.0 Å². The summed E-state index contributed by atoms with van der Waals surface area (Å²) in [4.78, 5) is 34.4. The second-order valence-electron chi connectivity index (χ2n) is 8.84. The zero-order valence-corrected chi connectivity index (χ0v) is 16.0. The summed E-state index contributed by atoms with van der Waals surface area (Å²) in [5.41, 5.74) is 1.72. The molecule has 1 spiro atoms. The lowest BCUT2D eigenvalue weighted by atomic mass is 9.95. The van der Waals surface area contributed by atoms with E-state index in [-0.39, 0.29) is 11.8 Å². The van der Waals surface area contributed by atoms with Gasteiger partial charge in [0.2, 0.25) is 5.91 Å². The van der Waals surface area contributed by atoms with Gasteiger partial charge in [0.1, 0.15) is 11.4 Å². The van der Waals surface area contributed by atoms with Crippen molar-refractivity contribution in [2.75, 3.05) is 19.6 Å². The number of rotatable bonds is 4. The summed E-state index contributed by atoms with van der Waals surface area (Å²) < 4.78 is 0.